The number of carbonyl (C=O) groups excluding carboxylic acids is 3. The third kappa shape index (κ3) is 10.6. The van der Waals surface area contributed by atoms with E-state index in [-0.39, 0.29) is 56.6 Å². The van der Waals surface area contributed by atoms with Crippen molar-refractivity contribution in [2.24, 2.45) is 28.8 Å². The Morgan fingerprint density at radius 1 is 0.928 bits per heavy atom. The summed E-state index contributed by atoms with van der Waals surface area (Å²) in [5.74, 6) is -7.77. The number of aromatic hydroxyl groups is 3. The highest BCUT2D eigenvalue weighted by Crippen LogP contribution is 2.55. The van der Waals surface area contributed by atoms with Crippen molar-refractivity contribution >= 4 is 40.3 Å². The number of phenolic OH excluding ortho intramolecular Hbond substituents is 3. The minimum Gasteiger partial charge on any atom is -0.507 e. The van der Waals surface area contributed by atoms with Crippen LogP contribution in [0, 0.1) is 30.6 Å². The first-order valence-electron chi connectivity index (χ1n) is 23.3. The van der Waals surface area contributed by atoms with Crippen LogP contribution in [0.2, 0.25) is 0 Å². The van der Waals surface area contributed by atoms with Gasteiger partial charge in [0.15, 0.2) is 5.75 Å². The molecule has 5 bridgehead atoms. The van der Waals surface area contributed by atoms with Crippen molar-refractivity contribution in [2.75, 3.05) is 32.6 Å². The molecule has 3 aromatic carbocycles. The van der Waals surface area contributed by atoms with Gasteiger partial charge in [0.25, 0.3) is 11.7 Å². The number of phenols is 3. The number of nitrogens with one attached hydrogen (secondary N) is 1. The molecule has 69 heavy (non-hydrogen) atoms. The first-order chi connectivity index (χ1) is 32.5. The number of aliphatic hydroxyl groups excluding tert-OH is 2. The maximum atomic E-state index is 14.7. The molecule has 11 unspecified atom stereocenters. The molecule has 0 aromatic heterocycles. The van der Waals surface area contributed by atoms with E-state index in [1.165, 1.54) is 59.4 Å². The van der Waals surface area contributed by atoms with Crippen LogP contribution >= 0.6 is 0 Å². The van der Waals surface area contributed by atoms with E-state index in [2.05, 4.69) is 10.2 Å². The van der Waals surface area contributed by atoms with Crippen molar-refractivity contribution in [1.29, 1.82) is 0 Å². The molecular weight excluding hydrogens is 889 g/mol. The second kappa shape index (κ2) is 21.2. The number of carbonyl (C=O) groups is 3. The number of benzene rings is 3. The van der Waals surface area contributed by atoms with Crippen molar-refractivity contribution < 1.29 is 63.6 Å². The summed E-state index contributed by atoms with van der Waals surface area (Å²) in [6.07, 6.45) is 4.84. The highest BCUT2D eigenvalue weighted by Gasteiger charge is 2.50. The van der Waals surface area contributed by atoms with Gasteiger partial charge in [-0.05, 0) is 51.5 Å². The fourth-order valence-corrected chi connectivity index (χ4v) is 9.81. The number of hydrogen-bond acceptors (Lipinski definition) is 16. The lowest BCUT2D eigenvalue weighted by atomic mass is 9.78. The Morgan fingerprint density at radius 3 is 2.25 bits per heavy atom. The average Bonchev–Trinajstić information content (AvgIpc) is 3.57. The van der Waals surface area contributed by atoms with E-state index < -0.39 is 88.8 Å². The zero-order valence-corrected chi connectivity index (χ0v) is 41.5. The zero-order valence-electron chi connectivity index (χ0n) is 41.5. The molecule has 1 fully saturated rings. The van der Waals surface area contributed by atoms with Crippen LogP contribution in [0.4, 0.5) is 5.69 Å². The number of hydrogen-bond donors (Lipinski definition) is 6. The molecule has 4 heterocycles. The van der Waals surface area contributed by atoms with Crippen molar-refractivity contribution in [3.63, 3.8) is 0 Å². The molecule has 11 atom stereocenters. The van der Waals surface area contributed by atoms with E-state index >= 15 is 0 Å². The summed E-state index contributed by atoms with van der Waals surface area (Å²) in [4.78, 5) is 43.4. The number of Topliss-reactive ketones (excluding diaryl/α,β-unsaturated/α-hetero) is 1. The van der Waals surface area contributed by atoms with Crippen LogP contribution in [0.1, 0.15) is 89.4 Å². The van der Waals surface area contributed by atoms with Crippen molar-refractivity contribution in [2.45, 2.75) is 118 Å². The number of anilines is 1. The Labute approximate surface area is 403 Å². The SMILES string of the molecule is COc1cccc(CN2CC(C)N(N=Cc3c4c(O)c5c(O)c(C)c6c(c5c3O)C(=O)C(C)(OC=CC(OC)C(C)C(OC(C)=O)C(C)C(O)C(C)C(O)C(C)C=CC=C(C)C(=O)N4)O6)C(C)C2)c1. The van der Waals surface area contributed by atoms with Gasteiger partial charge in [-0.2, -0.15) is 5.10 Å². The summed E-state index contributed by atoms with van der Waals surface area (Å²) in [5.41, 5.74) is 0.652. The van der Waals surface area contributed by atoms with E-state index in [1.807, 2.05) is 43.1 Å². The van der Waals surface area contributed by atoms with Gasteiger partial charge in [-0.25, -0.2) is 0 Å². The summed E-state index contributed by atoms with van der Waals surface area (Å²) in [7, 11) is 3.07. The number of methoxy groups -OCH3 is 2. The molecule has 1 saturated heterocycles. The van der Waals surface area contributed by atoms with Gasteiger partial charge in [0, 0.05) is 80.8 Å². The van der Waals surface area contributed by atoms with E-state index in [0.717, 1.165) is 11.3 Å². The van der Waals surface area contributed by atoms with Gasteiger partial charge in [-0.15, -0.1) is 0 Å². The third-order valence-electron chi connectivity index (χ3n) is 13.8. The number of ether oxygens (including phenoxy) is 5. The van der Waals surface area contributed by atoms with Crippen molar-refractivity contribution in [3.05, 3.63) is 82.7 Å². The monoisotopic (exact) mass is 956 g/mol. The van der Waals surface area contributed by atoms with Gasteiger partial charge in [0.2, 0.25) is 0 Å². The largest absolute Gasteiger partial charge is 0.507 e. The molecule has 17 nitrogen and oxygen atoms in total. The van der Waals surface area contributed by atoms with Crippen LogP contribution in [-0.2, 0) is 30.3 Å². The number of nitrogens with zero attached hydrogens (tertiary/aromatic N) is 3. The van der Waals surface area contributed by atoms with Crippen LogP contribution in [0.5, 0.6) is 28.7 Å². The Kier molecular flexibility index (Phi) is 16.1. The normalized spacial score (nSPS) is 29.5. The maximum Gasteiger partial charge on any atom is 0.312 e. The summed E-state index contributed by atoms with van der Waals surface area (Å²) in [5, 5.41) is 68.2. The highest BCUT2D eigenvalue weighted by molar-refractivity contribution is 6.23. The van der Waals surface area contributed by atoms with E-state index in [0.29, 0.717) is 19.6 Å². The van der Waals surface area contributed by atoms with Crippen LogP contribution in [0.15, 0.2) is 65.5 Å². The fourth-order valence-electron chi connectivity index (χ4n) is 9.81. The van der Waals surface area contributed by atoms with E-state index in [4.69, 9.17) is 28.8 Å². The fraction of sp³-hybridized carbons (Fsp3) is 0.500. The second-order valence-corrected chi connectivity index (χ2v) is 19.0. The zero-order chi connectivity index (χ0) is 50.8. The highest BCUT2D eigenvalue weighted by atomic mass is 16.7. The molecule has 1 amide bonds. The van der Waals surface area contributed by atoms with Gasteiger partial charge < -0.3 is 54.5 Å². The van der Waals surface area contributed by atoms with Crippen LogP contribution in [0.3, 0.4) is 0 Å². The lowest BCUT2D eigenvalue weighted by molar-refractivity contribution is -0.160. The molecule has 4 aliphatic rings. The third-order valence-corrected chi connectivity index (χ3v) is 13.8. The minimum atomic E-state index is -2.07. The first kappa shape index (κ1) is 52.2. The predicted molar refractivity (Wildman–Crippen MR) is 260 cm³/mol. The van der Waals surface area contributed by atoms with Gasteiger partial charge in [0.05, 0.1) is 72.2 Å². The number of hydrazone groups is 1. The Bertz CT molecular complexity index is 2540. The van der Waals surface area contributed by atoms with Gasteiger partial charge in [-0.3, -0.25) is 24.3 Å². The lowest BCUT2D eigenvalue weighted by Gasteiger charge is -2.42. The first-order valence-corrected chi connectivity index (χ1v) is 23.3. The number of amides is 1. The molecule has 374 valence electrons. The molecule has 17 heteroatoms. The number of piperazine rings is 1. The van der Waals surface area contributed by atoms with Crippen molar-refractivity contribution in [3.8, 4) is 28.7 Å². The number of ketones is 1. The van der Waals surface area contributed by atoms with Crippen LogP contribution < -0.4 is 14.8 Å². The standard InChI is InChI=1S/C52H68N4O13/c1-26-15-13-16-27(2)51(64)54-42-37(22-53-56-28(3)23-55(24-29(56)4)25-35-17-14-18-36(21-35)65-11)46(61)39-40(47(42)62)45(60)33(8)49-41(39)50(63)52(10,69-49)67-20-19-38(66-12)30(5)48(68-34(9)57)32(7)44(59)31(6)43(26)58/h13-22,26,28-32,38,43-44,48,58-62H,23-25H2,1-12H3,(H,54,64). The number of rotatable bonds is 7. The summed E-state index contributed by atoms with van der Waals surface area (Å²) in [6.45, 7) is 18.5. The maximum absolute atomic E-state index is 14.7. The molecule has 0 saturated carbocycles. The van der Waals surface area contributed by atoms with E-state index in [9.17, 15) is 39.9 Å². The van der Waals surface area contributed by atoms with Crippen molar-refractivity contribution in [1.82, 2.24) is 9.91 Å². The topological polar surface area (TPSA) is 229 Å². The molecule has 7 rings (SSSR count). The van der Waals surface area contributed by atoms with Gasteiger partial charge >= 0.3 is 11.8 Å². The summed E-state index contributed by atoms with van der Waals surface area (Å²) < 4.78 is 29.2. The van der Waals surface area contributed by atoms with Crippen LogP contribution in [-0.4, -0.2) is 129 Å². The molecule has 0 spiro atoms. The molecule has 0 aliphatic carbocycles. The minimum absolute atomic E-state index is 0.0439. The molecule has 4 aliphatic heterocycles. The van der Waals surface area contributed by atoms with Gasteiger partial charge in [0.1, 0.15) is 29.1 Å². The number of fused-ring (bicyclic) bond motifs is 14. The summed E-state index contributed by atoms with van der Waals surface area (Å²) in [6, 6.07) is 7.59. The number of aliphatic hydroxyl groups is 2. The summed E-state index contributed by atoms with van der Waals surface area (Å²) >= 11 is 0. The lowest BCUT2D eigenvalue weighted by Crippen LogP contribution is -2.54. The Morgan fingerprint density at radius 2 is 1.61 bits per heavy atom. The molecular formula is C52H68N4O13. The number of allylic oxidation sites excluding steroid dienone is 2. The molecule has 3 aromatic rings. The van der Waals surface area contributed by atoms with E-state index in [1.54, 1.807) is 47.0 Å². The van der Waals surface area contributed by atoms with Gasteiger partial charge in [-0.1, -0.05) is 58.1 Å². The number of esters is 1. The predicted octanol–water partition coefficient (Wildman–Crippen LogP) is 6.69. The smallest absolute Gasteiger partial charge is 0.312 e. The Balaban J connectivity index is 1.47. The Hall–Kier alpha value is -6.14. The quantitative estimate of drug-likeness (QED) is 0.0627. The van der Waals surface area contributed by atoms with Crippen LogP contribution in [0.25, 0.3) is 10.8 Å². The average molecular weight is 957 g/mol. The molecule has 6 N–H and O–H groups in total. The molecule has 0 radical (unpaired) electrons. The second-order valence-electron chi connectivity index (χ2n) is 19.0.